The molecule has 0 aromatic rings. The molecule has 2 unspecified atom stereocenters. The van der Waals surface area contributed by atoms with Gasteiger partial charge < -0.3 is 19.3 Å². The number of rotatable bonds is 38. The largest absolute Gasteiger partial charge is 0.462 e. The standard InChI is InChI=1S/C45H80O6/c1-3-5-7-9-11-13-15-17-18-19-20-21-22-23-25-27-29-31-33-37-44(47)49-40-41(39-46)50-45(48)38-34-36-43-42(51-43)35-32-30-28-26-24-16-14-12-10-8-6-4-2/h12,14,24,26,30,32,41-43,46H,3-11,13,15-23,25,27-29,31,33-40H2,1-2H3/b14-12-,26-24-,32-30-/t41-,42?,43?/m0/s1. The maximum atomic E-state index is 12.3. The lowest BCUT2D eigenvalue weighted by Gasteiger charge is -2.15. The van der Waals surface area contributed by atoms with E-state index < -0.39 is 6.10 Å². The van der Waals surface area contributed by atoms with Gasteiger partial charge in [0.1, 0.15) is 6.61 Å². The molecule has 0 amide bonds. The van der Waals surface area contributed by atoms with E-state index in [1.165, 1.54) is 128 Å². The van der Waals surface area contributed by atoms with Gasteiger partial charge in [-0.2, -0.15) is 0 Å². The van der Waals surface area contributed by atoms with E-state index in [0.717, 1.165) is 44.9 Å². The Hall–Kier alpha value is -1.92. The molecule has 6 heteroatoms. The number of ether oxygens (including phenoxy) is 3. The molecule has 1 aliphatic rings. The highest BCUT2D eigenvalue weighted by molar-refractivity contribution is 5.70. The van der Waals surface area contributed by atoms with Crippen molar-refractivity contribution < 1.29 is 28.9 Å². The molecule has 0 radical (unpaired) electrons. The predicted octanol–water partition coefficient (Wildman–Crippen LogP) is 12.6. The highest BCUT2D eigenvalue weighted by atomic mass is 16.6. The molecule has 0 aromatic carbocycles. The fourth-order valence-electron chi connectivity index (χ4n) is 6.47. The van der Waals surface area contributed by atoms with Gasteiger partial charge in [-0.05, 0) is 51.4 Å². The molecule has 0 aromatic heterocycles. The third-order valence-electron chi connectivity index (χ3n) is 9.86. The number of epoxide rings is 1. The maximum Gasteiger partial charge on any atom is 0.306 e. The number of hydrogen-bond donors (Lipinski definition) is 1. The van der Waals surface area contributed by atoms with Crippen molar-refractivity contribution in [3.8, 4) is 0 Å². The van der Waals surface area contributed by atoms with Crippen molar-refractivity contribution in [1.29, 1.82) is 0 Å². The fourth-order valence-corrected chi connectivity index (χ4v) is 6.47. The minimum atomic E-state index is -0.808. The van der Waals surface area contributed by atoms with Gasteiger partial charge in [-0.25, -0.2) is 0 Å². The number of unbranched alkanes of at least 4 members (excludes halogenated alkanes) is 21. The Labute approximate surface area is 314 Å². The predicted molar refractivity (Wildman–Crippen MR) is 214 cm³/mol. The molecule has 1 saturated heterocycles. The number of carbonyl (C=O) groups excluding carboxylic acids is 2. The van der Waals surface area contributed by atoms with Gasteiger partial charge in [0.25, 0.3) is 0 Å². The molecule has 0 saturated carbocycles. The Morgan fingerprint density at radius 2 is 1.04 bits per heavy atom. The molecule has 1 heterocycles. The van der Waals surface area contributed by atoms with E-state index in [1.807, 2.05) is 0 Å². The Balaban J connectivity index is 1.90. The molecule has 6 nitrogen and oxygen atoms in total. The van der Waals surface area contributed by atoms with Crippen LogP contribution in [0.15, 0.2) is 36.5 Å². The molecular weight excluding hydrogens is 636 g/mol. The molecule has 51 heavy (non-hydrogen) atoms. The molecule has 0 aliphatic carbocycles. The third-order valence-corrected chi connectivity index (χ3v) is 9.86. The quantitative estimate of drug-likeness (QED) is 0.0296. The second-order valence-electron chi connectivity index (χ2n) is 14.8. The Kier molecular flexibility index (Phi) is 33.7. The molecule has 296 valence electrons. The number of hydrogen-bond acceptors (Lipinski definition) is 6. The zero-order valence-corrected chi connectivity index (χ0v) is 33.3. The van der Waals surface area contributed by atoms with Crippen LogP contribution in [0.1, 0.15) is 206 Å². The summed E-state index contributed by atoms with van der Waals surface area (Å²) in [4.78, 5) is 24.4. The highest BCUT2D eigenvalue weighted by Gasteiger charge is 2.36. The number of carbonyl (C=O) groups is 2. The monoisotopic (exact) mass is 717 g/mol. The van der Waals surface area contributed by atoms with Crippen molar-refractivity contribution in [2.24, 2.45) is 0 Å². The summed E-state index contributed by atoms with van der Waals surface area (Å²) in [7, 11) is 0. The summed E-state index contributed by atoms with van der Waals surface area (Å²) in [5.41, 5.74) is 0. The maximum absolute atomic E-state index is 12.3. The van der Waals surface area contributed by atoms with Crippen LogP contribution in [0, 0.1) is 0 Å². The molecule has 1 rings (SSSR count). The lowest BCUT2D eigenvalue weighted by molar-refractivity contribution is -0.161. The first kappa shape index (κ1) is 47.1. The van der Waals surface area contributed by atoms with Gasteiger partial charge in [-0.3, -0.25) is 9.59 Å². The van der Waals surface area contributed by atoms with Crippen molar-refractivity contribution in [2.75, 3.05) is 13.2 Å². The number of allylic oxidation sites excluding steroid dienone is 5. The number of esters is 2. The summed E-state index contributed by atoms with van der Waals surface area (Å²) in [6.07, 6.45) is 48.1. The summed E-state index contributed by atoms with van der Waals surface area (Å²) >= 11 is 0. The molecule has 0 spiro atoms. The Bertz CT molecular complexity index is 880. The van der Waals surface area contributed by atoms with Crippen molar-refractivity contribution in [2.45, 2.75) is 225 Å². The lowest BCUT2D eigenvalue weighted by atomic mass is 10.0. The average Bonchev–Trinajstić information content (AvgIpc) is 3.89. The van der Waals surface area contributed by atoms with Gasteiger partial charge in [-0.15, -0.1) is 0 Å². The fraction of sp³-hybridized carbons (Fsp3) is 0.822. The molecule has 1 N–H and O–H groups in total. The molecule has 3 atom stereocenters. The SMILES string of the molecule is CCCCC/C=C\C/C=C\C/C=C\CC1OC1CCCC(=O)O[C@@H](CO)COC(=O)CCCCCCCCCCCCCCCCCCCCC. The van der Waals surface area contributed by atoms with Gasteiger partial charge >= 0.3 is 11.9 Å². The topological polar surface area (TPSA) is 85.4 Å². The second-order valence-corrected chi connectivity index (χ2v) is 14.8. The van der Waals surface area contributed by atoms with Crippen LogP contribution in [0.3, 0.4) is 0 Å². The summed E-state index contributed by atoms with van der Waals surface area (Å²) < 4.78 is 16.4. The summed E-state index contributed by atoms with van der Waals surface area (Å²) in [6, 6.07) is 0. The minimum Gasteiger partial charge on any atom is -0.462 e. The van der Waals surface area contributed by atoms with Crippen molar-refractivity contribution in [3.05, 3.63) is 36.5 Å². The van der Waals surface area contributed by atoms with Crippen LogP contribution in [-0.2, 0) is 23.8 Å². The molecule has 0 bridgehead atoms. The second kappa shape index (κ2) is 36.4. The van der Waals surface area contributed by atoms with Crippen LogP contribution >= 0.6 is 0 Å². The van der Waals surface area contributed by atoms with Crippen molar-refractivity contribution >= 4 is 11.9 Å². The molecular formula is C45H80O6. The van der Waals surface area contributed by atoms with Crippen LogP contribution in [0.4, 0.5) is 0 Å². The Morgan fingerprint density at radius 1 is 0.569 bits per heavy atom. The van der Waals surface area contributed by atoms with Crippen molar-refractivity contribution in [3.63, 3.8) is 0 Å². The van der Waals surface area contributed by atoms with Crippen LogP contribution in [-0.4, -0.2) is 48.6 Å². The average molecular weight is 717 g/mol. The van der Waals surface area contributed by atoms with E-state index >= 15 is 0 Å². The van der Waals surface area contributed by atoms with Crippen LogP contribution < -0.4 is 0 Å². The first-order valence-electron chi connectivity index (χ1n) is 21.7. The first-order valence-corrected chi connectivity index (χ1v) is 21.7. The smallest absolute Gasteiger partial charge is 0.306 e. The molecule has 1 fully saturated rings. The lowest BCUT2D eigenvalue weighted by Crippen LogP contribution is -2.28. The van der Waals surface area contributed by atoms with Gasteiger partial charge in [0.05, 0.1) is 18.8 Å². The van der Waals surface area contributed by atoms with E-state index in [-0.39, 0.29) is 43.8 Å². The zero-order chi connectivity index (χ0) is 36.9. The van der Waals surface area contributed by atoms with Crippen LogP contribution in [0.2, 0.25) is 0 Å². The van der Waals surface area contributed by atoms with Crippen molar-refractivity contribution in [1.82, 2.24) is 0 Å². The van der Waals surface area contributed by atoms with E-state index in [4.69, 9.17) is 14.2 Å². The molecule has 1 aliphatic heterocycles. The first-order chi connectivity index (χ1) is 25.1. The van der Waals surface area contributed by atoms with Gasteiger partial charge in [0, 0.05) is 12.8 Å². The van der Waals surface area contributed by atoms with Gasteiger partial charge in [-0.1, -0.05) is 179 Å². The van der Waals surface area contributed by atoms with Crippen LogP contribution in [0.25, 0.3) is 0 Å². The summed E-state index contributed by atoms with van der Waals surface area (Å²) in [5.74, 6) is -0.660. The van der Waals surface area contributed by atoms with E-state index in [9.17, 15) is 14.7 Å². The number of aliphatic hydroxyl groups excluding tert-OH is 1. The van der Waals surface area contributed by atoms with Gasteiger partial charge in [0.15, 0.2) is 6.10 Å². The minimum absolute atomic E-state index is 0.0920. The van der Waals surface area contributed by atoms with E-state index in [0.29, 0.717) is 12.8 Å². The van der Waals surface area contributed by atoms with Gasteiger partial charge in [0.2, 0.25) is 0 Å². The van der Waals surface area contributed by atoms with E-state index in [1.54, 1.807) is 0 Å². The normalized spacial score (nSPS) is 16.5. The third kappa shape index (κ3) is 32.5. The number of aliphatic hydroxyl groups is 1. The summed E-state index contributed by atoms with van der Waals surface area (Å²) in [5, 5.41) is 9.60. The van der Waals surface area contributed by atoms with E-state index in [2.05, 4.69) is 50.3 Å². The zero-order valence-electron chi connectivity index (χ0n) is 33.3. The highest BCUT2D eigenvalue weighted by Crippen LogP contribution is 2.30. The Morgan fingerprint density at radius 3 is 1.59 bits per heavy atom. The van der Waals surface area contributed by atoms with Crippen LogP contribution in [0.5, 0.6) is 0 Å². The summed E-state index contributed by atoms with van der Waals surface area (Å²) in [6.45, 7) is 4.06.